The Kier molecular flexibility index (Phi) is 6.85. The molecule has 0 radical (unpaired) electrons. The Labute approximate surface area is 172 Å². The Morgan fingerprint density at radius 3 is 2.59 bits per heavy atom. The van der Waals surface area contributed by atoms with Crippen molar-refractivity contribution in [3.63, 3.8) is 0 Å². The first-order valence-electron chi connectivity index (χ1n) is 8.92. The molecule has 9 heteroatoms. The Bertz CT molecular complexity index is 984. The van der Waals surface area contributed by atoms with Gasteiger partial charge in [0.15, 0.2) is 11.0 Å². The molecule has 0 saturated heterocycles. The Balaban J connectivity index is 1.59. The molecule has 2 N–H and O–H groups in total. The molecule has 0 bridgehead atoms. The molecule has 0 aliphatic carbocycles. The van der Waals surface area contributed by atoms with E-state index in [-0.39, 0.29) is 17.4 Å². The third-order valence-electron chi connectivity index (χ3n) is 4.01. The number of carbonyl (C=O) groups is 1. The van der Waals surface area contributed by atoms with Crippen molar-refractivity contribution in [2.24, 2.45) is 5.10 Å². The van der Waals surface area contributed by atoms with Gasteiger partial charge in [-0.1, -0.05) is 11.8 Å². The number of phenols is 1. The second kappa shape index (κ2) is 9.74. The summed E-state index contributed by atoms with van der Waals surface area (Å²) in [5, 5.41) is 22.3. The number of carbonyl (C=O) groups excluding carboxylic acids is 1. The fourth-order valence-electron chi connectivity index (χ4n) is 2.54. The highest BCUT2D eigenvalue weighted by molar-refractivity contribution is 7.99. The van der Waals surface area contributed by atoms with Gasteiger partial charge in [0, 0.05) is 12.1 Å². The number of hydrazone groups is 1. The number of nitrogens with one attached hydrogen (secondary N) is 1. The molecule has 1 amide bonds. The number of rotatable bonds is 8. The lowest BCUT2D eigenvalue weighted by Gasteiger charge is -2.07. The van der Waals surface area contributed by atoms with Gasteiger partial charge in [-0.15, -0.1) is 10.2 Å². The standard InChI is InChI=1S/C20H21N5O3S/c1-3-25-19(15-6-10-17(28-2)11-7-15)23-24-20(25)29-13-18(27)22-21-12-14-4-8-16(26)9-5-14/h4-12,26H,3,13H2,1-2H3,(H,22,27)/b21-12-. The van der Waals surface area contributed by atoms with E-state index in [1.54, 1.807) is 31.4 Å². The number of ether oxygens (including phenoxy) is 1. The lowest BCUT2D eigenvalue weighted by atomic mass is 10.2. The van der Waals surface area contributed by atoms with Crippen LogP contribution in [0.2, 0.25) is 0 Å². The van der Waals surface area contributed by atoms with E-state index in [9.17, 15) is 9.90 Å². The SMILES string of the molecule is CCn1c(SCC(=O)N/N=C\c2ccc(O)cc2)nnc1-c1ccc(OC)cc1. The summed E-state index contributed by atoms with van der Waals surface area (Å²) in [6.45, 7) is 2.68. The van der Waals surface area contributed by atoms with Crippen LogP contribution in [0.5, 0.6) is 11.5 Å². The highest BCUT2D eigenvalue weighted by Crippen LogP contribution is 2.25. The molecule has 1 heterocycles. The predicted octanol–water partition coefficient (Wildman–Crippen LogP) is 2.92. The van der Waals surface area contributed by atoms with Crippen LogP contribution < -0.4 is 10.2 Å². The van der Waals surface area contributed by atoms with Crippen LogP contribution in [0.15, 0.2) is 58.8 Å². The van der Waals surface area contributed by atoms with Gasteiger partial charge in [0.2, 0.25) is 0 Å². The van der Waals surface area contributed by atoms with Crippen molar-refractivity contribution in [2.75, 3.05) is 12.9 Å². The molecule has 1 aromatic heterocycles. The molecular formula is C20H21N5O3S. The Hall–Kier alpha value is -3.33. The Morgan fingerprint density at radius 1 is 1.21 bits per heavy atom. The maximum Gasteiger partial charge on any atom is 0.250 e. The first kappa shape index (κ1) is 20.4. The molecule has 150 valence electrons. The molecule has 2 aromatic carbocycles. The molecule has 3 aromatic rings. The van der Waals surface area contributed by atoms with Crippen LogP contribution in [0, 0.1) is 0 Å². The van der Waals surface area contributed by atoms with E-state index in [0.717, 1.165) is 22.7 Å². The van der Waals surface area contributed by atoms with E-state index in [1.165, 1.54) is 18.0 Å². The second-order valence-electron chi connectivity index (χ2n) is 5.95. The van der Waals surface area contributed by atoms with Gasteiger partial charge in [0.05, 0.1) is 19.1 Å². The molecule has 0 unspecified atom stereocenters. The van der Waals surface area contributed by atoms with Crippen LogP contribution in [0.3, 0.4) is 0 Å². The molecule has 3 rings (SSSR count). The van der Waals surface area contributed by atoms with E-state index in [4.69, 9.17) is 4.74 Å². The summed E-state index contributed by atoms with van der Waals surface area (Å²) in [6, 6.07) is 14.1. The van der Waals surface area contributed by atoms with Crippen molar-refractivity contribution in [2.45, 2.75) is 18.6 Å². The van der Waals surface area contributed by atoms with Gasteiger partial charge in [-0.3, -0.25) is 4.79 Å². The van der Waals surface area contributed by atoms with Crippen LogP contribution in [0.1, 0.15) is 12.5 Å². The van der Waals surface area contributed by atoms with Gasteiger partial charge >= 0.3 is 0 Å². The summed E-state index contributed by atoms with van der Waals surface area (Å²) < 4.78 is 7.14. The second-order valence-corrected chi connectivity index (χ2v) is 6.89. The average molecular weight is 411 g/mol. The number of hydrogen-bond donors (Lipinski definition) is 2. The summed E-state index contributed by atoms with van der Waals surface area (Å²) >= 11 is 1.30. The lowest BCUT2D eigenvalue weighted by molar-refractivity contribution is -0.118. The number of hydrogen-bond acceptors (Lipinski definition) is 7. The fourth-order valence-corrected chi connectivity index (χ4v) is 3.33. The normalized spacial score (nSPS) is 11.0. The van der Waals surface area contributed by atoms with E-state index in [1.807, 2.05) is 35.8 Å². The van der Waals surface area contributed by atoms with Crippen molar-refractivity contribution in [3.8, 4) is 22.9 Å². The van der Waals surface area contributed by atoms with Crippen LogP contribution in [0.25, 0.3) is 11.4 Å². The summed E-state index contributed by atoms with van der Waals surface area (Å²) in [5.41, 5.74) is 4.18. The van der Waals surface area contributed by atoms with E-state index >= 15 is 0 Å². The minimum absolute atomic E-state index is 0.160. The maximum atomic E-state index is 12.1. The van der Waals surface area contributed by atoms with Crippen LogP contribution >= 0.6 is 11.8 Å². The minimum atomic E-state index is -0.248. The summed E-state index contributed by atoms with van der Waals surface area (Å²) in [7, 11) is 1.62. The molecule has 0 fully saturated rings. The number of methoxy groups -OCH3 is 1. The third kappa shape index (κ3) is 5.35. The van der Waals surface area contributed by atoms with Crippen molar-refractivity contribution < 1.29 is 14.6 Å². The van der Waals surface area contributed by atoms with Crippen molar-refractivity contribution in [1.29, 1.82) is 0 Å². The van der Waals surface area contributed by atoms with Crippen molar-refractivity contribution >= 4 is 23.9 Å². The zero-order chi connectivity index (χ0) is 20.6. The Morgan fingerprint density at radius 2 is 1.93 bits per heavy atom. The molecule has 0 aliphatic rings. The van der Waals surface area contributed by atoms with Crippen molar-refractivity contribution in [1.82, 2.24) is 20.2 Å². The van der Waals surface area contributed by atoms with Gasteiger partial charge in [0.25, 0.3) is 5.91 Å². The smallest absolute Gasteiger partial charge is 0.250 e. The molecule has 0 atom stereocenters. The van der Waals surface area contributed by atoms with Crippen LogP contribution in [-0.4, -0.2) is 44.9 Å². The average Bonchev–Trinajstić information content (AvgIpc) is 3.16. The molecular weight excluding hydrogens is 390 g/mol. The number of thioether (sulfide) groups is 1. The number of aromatic hydroxyl groups is 1. The highest BCUT2D eigenvalue weighted by Gasteiger charge is 2.14. The van der Waals surface area contributed by atoms with Gasteiger partial charge in [0.1, 0.15) is 11.5 Å². The monoisotopic (exact) mass is 411 g/mol. The van der Waals surface area contributed by atoms with Gasteiger partial charge in [-0.25, -0.2) is 5.43 Å². The van der Waals surface area contributed by atoms with E-state index < -0.39 is 0 Å². The van der Waals surface area contributed by atoms with Gasteiger partial charge in [-0.2, -0.15) is 5.10 Å². The quantitative estimate of drug-likeness (QED) is 0.336. The van der Waals surface area contributed by atoms with Crippen LogP contribution in [0.4, 0.5) is 0 Å². The zero-order valence-electron chi connectivity index (χ0n) is 16.1. The van der Waals surface area contributed by atoms with Gasteiger partial charge < -0.3 is 14.4 Å². The number of nitrogens with zero attached hydrogens (tertiary/aromatic N) is 4. The fraction of sp³-hybridized carbons (Fsp3) is 0.200. The zero-order valence-corrected chi connectivity index (χ0v) is 16.9. The highest BCUT2D eigenvalue weighted by atomic mass is 32.2. The largest absolute Gasteiger partial charge is 0.508 e. The van der Waals surface area contributed by atoms with Gasteiger partial charge in [-0.05, 0) is 61.0 Å². The molecule has 0 spiro atoms. The number of amides is 1. The maximum absolute atomic E-state index is 12.1. The topological polar surface area (TPSA) is 102 Å². The number of phenolic OH excluding ortho intramolecular Hbond substituents is 1. The lowest BCUT2D eigenvalue weighted by Crippen LogP contribution is -2.20. The number of aromatic nitrogens is 3. The van der Waals surface area contributed by atoms with E-state index in [2.05, 4.69) is 20.7 Å². The first-order valence-corrected chi connectivity index (χ1v) is 9.90. The molecule has 0 aliphatic heterocycles. The summed E-state index contributed by atoms with van der Waals surface area (Å²) in [6.07, 6.45) is 1.51. The predicted molar refractivity (Wildman–Crippen MR) is 112 cm³/mol. The summed E-state index contributed by atoms with van der Waals surface area (Å²) in [5.74, 6) is 1.60. The minimum Gasteiger partial charge on any atom is -0.508 e. The van der Waals surface area contributed by atoms with Crippen LogP contribution in [-0.2, 0) is 11.3 Å². The first-order chi connectivity index (χ1) is 14.1. The molecule has 0 saturated carbocycles. The number of benzene rings is 2. The van der Waals surface area contributed by atoms with Crippen molar-refractivity contribution in [3.05, 3.63) is 54.1 Å². The molecule has 8 nitrogen and oxygen atoms in total. The summed E-state index contributed by atoms with van der Waals surface area (Å²) in [4.78, 5) is 12.1. The molecule has 29 heavy (non-hydrogen) atoms. The third-order valence-corrected chi connectivity index (χ3v) is 4.98. The van der Waals surface area contributed by atoms with E-state index in [0.29, 0.717) is 11.7 Å².